The van der Waals surface area contributed by atoms with Crippen molar-refractivity contribution in [2.75, 3.05) is 0 Å². The fourth-order valence-corrected chi connectivity index (χ4v) is 2.00. The molecule has 7 heteroatoms. The quantitative estimate of drug-likeness (QED) is 0.434. The molecule has 2 aromatic rings. The number of hydrogen-bond donors (Lipinski definition) is 2. The molecule has 0 aliphatic heterocycles. The van der Waals surface area contributed by atoms with E-state index in [9.17, 15) is 0 Å². The van der Waals surface area contributed by atoms with Crippen LogP contribution in [0.5, 0.6) is 0 Å². The predicted octanol–water partition coefficient (Wildman–Crippen LogP) is 4.77. The van der Waals surface area contributed by atoms with Gasteiger partial charge in [-0.1, -0.05) is 59.6 Å². The van der Waals surface area contributed by atoms with Crippen LogP contribution in [0.3, 0.4) is 0 Å². The van der Waals surface area contributed by atoms with Gasteiger partial charge in [0, 0.05) is 10.0 Å². The summed E-state index contributed by atoms with van der Waals surface area (Å²) in [5, 5.41) is 9.08. The highest BCUT2D eigenvalue weighted by Gasteiger charge is 1.93. The first-order valence-corrected chi connectivity index (χ1v) is 7.82. The molecule has 0 spiro atoms. The predicted molar refractivity (Wildman–Crippen MR) is 111 cm³/mol. The minimum Gasteiger partial charge on any atom is -0.369 e. The Balaban J connectivity index is 0.00000312. The van der Waals surface area contributed by atoms with Crippen molar-refractivity contribution in [3.05, 3.63) is 81.9 Å². The maximum atomic E-state index is 5.87. The van der Waals surface area contributed by atoms with Gasteiger partial charge in [0.25, 0.3) is 0 Å². The summed E-state index contributed by atoms with van der Waals surface area (Å²) in [4.78, 5) is 0. The average molecular weight is 396 g/mol. The van der Waals surface area contributed by atoms with Crippen LogP contribution in [-0.2, 0) is 0 Å². The normalized spacial score (nSPS) is 10.5. The number of rotatable bonds is 5. The highest BCUT2D eigenvalue weighted by molar-refractivity contribution is 6.30. The molecule has 0 saturated heterocycles. The number of hydrogen-bond acceptors (Lipinski definition) is 2. The van der Waals surface area contributed by atoms with Crippen LogP contribution in [0.4, 0.5) is 0 Å². The first-order valence-electron chi connectivity index (χ1n) is 7.07. The Morgan fingerprint density at radius 3 is 1.48 bits per heavy atom. The van der Waals surface area contributed by atoms with Gasteiger partial charge in [-0.2, -0.15) is 0 Å². The Morgan fingerprint density at radius 2 is 1.12 bits per heavy atom. The fourth-order valence-electron chi connectivity index (χ4n) is 1.75. The molecule has 0 aliphatic carbocycles. The summed E-state index contributed by atoms with van der Waals surface area (Å²) in [5.41, 5.74) is 13.2. The van der Waals surface area contributed by atoms with Crippen LogP contribution in [0.25, 0.3) is 12.2 Å². The lowest BCUT2D eigenvalue weighted by molar-refractivity contribution is 1.21. The molecule has 0 unspecified atom stereocenters. The van der Waals surface area contributed by atoms with Gasteiger partial charge < -0.3 is 11.5 Å². The van der Waals surface area contributed by atoms with E-state index in [2.05, 4.69) is 10.2 Å². The number of benzene rings is 2. The van der Waals surface area contributed by atoms with E-state index in [1.54, 1.807) is 0 Å². The molecule has 4 nitrogen and oxygen atoms in total. The number of nitrogens with two attached hydrogens (primary N) is 2. The molecular formula is C18H17Cl3N4. The minimum absolute atomic E-state index is 0. The van der Waals surface area contributed by atoms with Crippen LogP contribution in [-0.4, -0.2) is 11.7 Å². The first kappa shape index (κ1) is 20.8. The van der Waals surface area contributed by atoms with Gasteiger partial charge in [-0.25, -0.2) is 0 Å². The Labute approximate surface area is 162 Å². The summed E-state index contributed by atoms with van der Waals surface area (Å²) in [5.74, 6) is -0.104. The molecule has 0 fully saturated rings. The van der Waals surface area contributed by atoms with E-state index < -0.39 is 0 Å². The molecule has 2 aromatic carbocycles. The van der Waals surface area contributed by atoms with Crippen molar-refractivity contribution in [2.45, 2.75) is 0 Å². The highest BCUT2D eigenvalue weighted by atomic mass is 35.5. The first-order chi connectivity index (χ1) is 11.5. The van der Waals surface area contributed by atoms with Gasteiger partial charge >= 0.3 is 0 Å². The van der Waals surface area contributed by atoms with Crippen molar-refractivity contribution >= 4 is 59.4 Å². The van der Waals surface area contributed by atoms with E-state index in [1.807, 2.05) is 72.8 Å². The Bertz CT molecular complexity index is 731. The standard InChI is InChI=1S/C18H16Cl2N4.ClH/c19-15-7-1-13(2-8-15)5-11-17(23-24-18(21)22)12-6-14-3-9-16(20)10-4-14;/h1-12H,(H4,21,22,24);1H. The van der Waals surface area contributed by atoms with Gasteiger partial charge in [0.2, 0.25) is 5.96 Å². The maximum Gasteiger partial charge on any atom is 0.211 e. The third-order valence-corrected chi connectivity index (χ3v) is 3.42. The van der Waals surface area contributed by atoms with Gasteiger partial charge in [-0.15, -0.1) is 22.6 Å². The molecule has 2 rings (SSSR count). The smallest absolute Gasteiger partial charge is 0.211 e. The minimum atomic E-state index is -0.104. The van der Waals surface area contributed by atoms with E-state index in [0.29, 0.717) is 15.8 Å². The van der Waals surface area contributed by atoms with Crippen molar-refractivity contribution in [1.29, 1.82) is 0 Å². The summed E-state index contributed by atoms with van der Waals surface area (Å²) >= 11 is 11.7. The zero-order valence-corrected chi connectivity index (χ0v) is 15.5. The molecule has 0 saturated carbocycles. The van der Waals surface area contributed by atoms with Gasteiger partial charge in [-0.3, -0.25) is 0 Å². The largest absolute Gasteiger partial charge is 0.369 e. The van der Waals surface area contributed by atoms with Crippen LogP contribution in [0.1, 0.15) is 11.1 Å². The van der Waals surface area contributed by atoms with E-state index in [-0.39, 0.29) is 18.4 Å². The molecule has 4 N–H and O–H groups in total. The Hall–Kier alpha value is -2.27. The van der Waals surface area contributed by atoms with Crippen molar-refractivity contribution in [3.8, 4) is 0 Å². The van der Waals surface area contributed by atoms with Crippen LogP contribution < -0.4 is 11.5 Å². The van der Waals surface area contributed by atoms with Crippen molar-refractivity contribution in [1.82, 2.24) is 0 Å². The summed E-state index contributed by atoms with van der Waals surface area (Å²) in [6, 6.07) is 14.9. The van der Waals surface area contributed by atoms with Gasteiger partial charge in [0.1, 0.15) is 0 Å². The highest BCUT2D eigenvalue weighted by Crippen LogP contribution is 2.12. The number of guanidine groups is 1. The van der Waals surface area contributed by atoms with Crippen molar-refractivity contribution < 1.29 is 0 Å². The van der Waals surface area contributed by atoms with E-state index >= 15 is 0 Å². The molecule has 0 bridgehead atoms. The van der Waals surface area contributed by atoms with Crippen LogP contribution in [0.2, 0.25) is 10.0 Å². The summed E-state index contributed by atoms with van der Waals surface area (Å²) in [6.07, 6.45) is 7.40. The molecule has 0 aromatic heterocycles. The van der Waals surface area contributed by atoms with Crippen LogP contribution >= 0.6 is 35.6 Å². The fraction of sp³-hybridized carbons (Fsp3) is 0. The zero-order chi connectivity index (χ0) is 17.4. The summed E-state index contributed by atoms with van der Waals surface area (Å²) in [7, 11) is 0. The number of halogens is 3. The zero-order valence-electron chi connectivity index (χ0n) is 13.1. The number of allylic oxidation sites excluding steroid dienone is 2. The summed E-state index contributed by atoms with van der Waals surface area (Å²) < 4.78 is 0. The number of nitrogens with zero attached hydrogens (tertiary/aromatic N) is 2. The lowest BCUT2D eigenvalue weighted by atomic mass is 10.1. The van der Waals surface area contributed by atoms with Gasteiger partial charge in [0.05, 0.1) is 5.71 Å². The Morgan fingerprint density at radius 1 is 0.720 bits per heavy atom. The van der Waals surface area contributed by atoms with E-state index in [1.165, 1.54) is 0 Å². The third kappa shape index (κ3) is 7.90. The molecule has 0 aliphatic rings. The van der Waals surface area contributed by atoms with E-state index in [0.717, 1.165) is 11.1 Å². The van der Waals surface area contributed by atoms with Crippen LogP contribution in [0, 0.1) is 0 Å². The molecular weight excluding hydrogens is 379 g/mol. The average Bonchev–Trinajstić information content (AvgIpc) is 2.57. The Kier molecular flexibility index (Phi) is 8.78. The topological polar surface area (TPSA) is 76.8 Å². The molecule has 0 heterocycles. The van der Waals surface area contributed by atoms with E-state index in [4.69, 9.17) is 34.7 Å². The lowest BCUT2D eigenvalue weighted by Crippen LogP contribution is -2.22. The summed E-state index contributed by atoms with van der Waals surface area (Å²) in [6.45, 7) is 0. The third-order valence-electron chi connectivity index (χ3n) is 2.91. The lowest BCUT2D eigenvalue weighted by Gasteiger charge is -1.96. The van der Waals surface area contributed by atoms with Gasteiger partial charge in [-0.05, 0) is 47.5 Å². The maximum absolute atomic E-state index is 5.87. The van der Waals surface area contributed by atoms with Gasteiger partial charge in [0.15, 0.2) is 0 Å². The molecule has 25 heavy (non-hydrogen) atoms. The monoisotopic (exact) mass is 394 g/mol. The van der Waals surface area contributed by atoms with Crippen molar-refractivity contribution in [3.63, 3.8) is 0 Å². The SMILES string of the molecule is Cl.NC(N)=NN=C(C=Cc1ccc(Cl)cc1)C=Cc1ccc(Cl)cc1. The molecule has 0 atom stereocenters. The second kappa shape index (κ2) is 10.6. The second-order valence-corrected chi connectivity index (χ2v) is 5.69. The van der Waals surface area contributed by atoms with Crippen LogP contribution in [0.15, 0.2) is 70.9 Å². The molecule has 130 valence electrons. The molecule has 0 amide bonds. The second-order valence-electron chi connectivity index (χ2n) is 4.82. The molecule has 0 radical (unpaired) electrons. The van der Waals surface area contributed by atoms with Crippen molar-refractivity contribution in [2.24, 2.45) is 21.7 Å².